The van der Waals surface area contributed by atoms with Gasteiger partial charge in [0.15, 0.2) is 5.16 Å². The van der Waals surface area contributed by atoms with E-state index in [2.05, 4.69) is 24.9 Å². The van der Waals surface area contributed by atoms with Crippen LogP contribution in [0.25, 0.3) is 11.0 Å². The van der Waals surface area contributed by atoms with E-state index < -0.39 is 5.97 Å². The van der Waals surface area contributed by atoms with Crippen molar-refractivity contribution in [1.29, 1.82) is 5.26 Å². The van der Waals surface area contributed by atoms with Crippen molar-refractivity contribution < 1.29 is 9.90 Å². The maximum Gasteiger partial charge on any atom is 0.313 e. The number of carbonyl (C=O) groups is 1. The quantitative estimate of drug-likeness (QED) is 0.856. The molecule has 0 saturated carbocycles. The summed E-state index contributed by atoms with van der Waals surface area (Å²) in [6.07, 6.45) is 0.906. The third-order valence-electron chi connectivity index (χ3n) is 3.14. The number of fused-ring (bicyclic) bond motifs is 1. The predicted molar refractivity (Wildman–Crippen MR) is 77.8 cm³/mol. The third-order valence-corrected chi connectivity index (χ3v) is 4.08. The van der Waals surface area contributed by atoms with Crippen LogP contribution in [0.3, 0.4) is 0 Å². The molecule has 0 fully saturated rings. The lowest BCUT2D eigenvalue weighted by molar-refractivity contribution is -0.133. The molecule has 1 unspecified atom stereocenters. The SMILES string of the molecule is CCC(C)n1c(SCC(=O)O)nc2ccc(C#N)cc21. The van der Waals surface area contributed by atoms with Gasteiger partial charge in [0.25, 0.3) is 0 Å². The number of rotatable bonds is 5. The van der Waals surface area contributed by atoms with E-state index in [9.17, 15) is 4.79 Å². The average molecular weight is 289 g/mol. The van der Waals surface area contributed by atoms with E-state index >= 15 is 0 Å². The molecular weight excluding hydrogens is 274 g/mol. The van der Waals surface area contributed by atoms with E-state index in [4.69, 9.17) is 10.4 Å². The first-order valence-corrected chi connectivity index (χ1v) is 7.32. The topological polar surface area (TPSA) is 78.9 Å². The van der Waals surface area contributed by atoms with Gasteiger partial charge in [0.05, 0.1) is 28.4 Å². The zero-order valence-corrected chi connectivity index (χ0v) is 12.1. The Morgan fingerprint density at radius 3 is 2.95 bits per heavy atom. The Morgan fingerprint density at radius 1 is 1.60 bits per heavy atom. The second kappa shape index (κ2) is 5.97. The van der Waals surface area contributed by atoms with Crippen LogP contribution in [0.1, 0.15) is 31.9 Å². The van der Waals surface area contributed by atoms with Crippen LogP contribution in [0.5, 0.6) is 0 Å². The van der Waals surface area contributed by atoms with Crippen LogP contribution in [0, 0.1) is 11.3 Å². The van der Waals surface area contributed by atoms with Crippen LogP contribution in [-0.2, 0) is 4.79 Å². The van der Waals surface area contributed by atoms with E-state index in [-0.39, 0.29) is 11.8 Å². The Kier molecular flexibility index (Phi) is 4.30. The normalized spacial score (nSPS) is 12.2. The van der Waals surface area contributed by atoms with Crippen molar-refractivity contribution in [3.8, 4) is 6.07 Å². The van der Waals surface area contributed by atoms with Crippen LogP contribution in [0.15, 0.2) is 23.4 Å². The second-order valence-corrected chi connectivity index (χ2v) is 5.46. The molecule has 0 saturated heterocycles. The first kappa shape index (κ1) is 14.4. The van der Waals surface area contributed by atoms with Crippen molar-refractivity contribution in [2.24, 2.45) is 0 Å². The molecule has 0 aliphatic heterocycles. The maximum absolute atomic E-state index is 10.7. The van der Waals surface area contributed by atoms with Crippen molar-refractivity contribution in [2.45, 2.75) is 31.5 Å². The van der Waals surface area contributed by atoms with Gasteiger partial charge in [-0.3, -0.25) is 4.79 Å². The number of imidazole rings is 1. The summed E-state index contributed by atoms with van der Waals surface area (Å²) in [4.78, 5) is 15.2. The van der Waals surface area contributed by atoms with Crippen molar-refractivity contribution in [3.05, 3.63) is 23.8 Å². The van der Waals surface area contributed by atoms with Crippen molar-refractivity contribution in [2.75, 3.05) is 5.75 Å². The molecule has 20 heavy (non-hydrogen) atoms. The first-order valence-electron chi connectivity index (χ1n) is 6.33. The fraction of sp³-hybridized carbons (Fsp3) is 0.357. The zero-order chi connectivity index (χ0) is 14.7. The Balaban J connectivity index is 2.55. The molecule has 0 radical (unpaired) electrons. The van der Waals surface area contributed by atoms with Gasteiger partial charge in [-0.25, -0.2) is 4.98 Å². The van der Waals surface area contributed by atoms with Gasteiger partial charge in [0.1, 0.15) is 0 Å². The lowest BCUT2D eigenvalue weighted by Crippen LogP contribution is -2.07. The number of nitrogens with zero attached hydrogens (tertiary/aromatic N) is 3. The number of benzene rings is 1. The van der Waals surface area contributed by atoms with Gasteiger partial charge in [-0.1, -0.05) is 18.7 Å². The number of nitriles is 1. The Morgan fingerprint density at radius 2 is 2.35 bits per heavy atom. The van der Waals surface area contributed by atoms with Crippen LogP contribution < -0.4 is 0 Å². The van der Waals surface area contributed by atoms with Gasteiger partial charge in [-0.15, -0.1) is 0 Å². The van der Waals surface area contributed by atoms with Crippen molar-refractivity contribution in [3.63, 3.8) is 0 Å². The van der Waals surface area contributed by atoms with E-state index in [1.54, 1.807) is 18.2 Å². The highest BCUT2D eigenvalue weighted by Crippen LogP contribution is 2.29. The summed E-state index contributed by atoms with van der Waals surface area (Å²) in [5.41, 5.74) is 2.25. The molecular formula is C14H15N3O2S. The van der Waals surface area contributed by atoms with Crippen molar-refractivity contribution in [1.82, 2.24) is 9.55 Å². The molecule has 0 bridgehead atoms. The molecule has 1 N–H and O–H groups in total. The summed E-state index contributed by atoms with van der Waals surface area (Å²) < 4.78 is 2.02. The summed E-state index contributed by atoms with van der Waals surface area (Å²) in [6.45, 7) is 4.13. The highest BCUT2D eigenvalue weighted by atomic mass is 32.2. The average Bonchev–Trinajstić information content (AvgIpc) is 2.81. The molecule has 1 heterocycles. The minimum atomic E-state index is -0.865. The van der Waals surface area contributed by atoms with Crippen LogP contribution in [0.4, 0.5) is 0 Å². The van der Waals surface area contributed by atoms with Crippen LogP contribution in [-0.4, -0.2) is 26.4 Å². The highest BCUT2D eigenvalue weighted by molar-refractivity contribution is 7.99. The fourth-order valence-corrected chi connectivity index (χ4v) is 2.81. The van der Waals surface area contributed by atoms with E-state index in [0.29, 0.717) is 10.7 Å². The predicted octanol–water partition coefficient (Wildman–Crippen LogP) is 3.06. The molecule has 2 aromatic rings. The van der Waals surface area contributed by atoms with Crippen LogP contribution in [0.2, 0.25) is 0 Å². The number of aromatic nitrogens is 2. The second-order valence-electron chi connectivity index (χ2n) is 4.52. The molecule has 1 atom stereocenters. The molecule has 0 aliphatic rings. The standard InChI is InChI=1S/C14H15N3O2S/c1-3-9(2)17-12-6-10(7-15)4-5-11(12)16-14(17)20-8-13(18)19/h4-6,9H,3,8H2,1-2H3,(H,18,19). The molecule has 6 heteroatoms. The lowest BCUT2D eigenvalue weighted by Gasteiger charge is -2.15. The summed E-state index contributed by atoms with van der Waals surface area (Å²) in [5.74, 6) is -0.888. The zero-order valence-electron chi connectivity index (χ0n) is 11.3. The molecule has 1 aromatic heterocycles. The highest BCUT2D eigenvalue weighted by Gasteiger charge is 2.16. The Hall–Kier alpha value is -2.00. The van der Waals surface area contributed by atoms with E-state index in [1.807, 2.05) is 4.57 Å². The first-order chi connectivity index (χ1) is 9.56. The number of carboxylic acid groups (broad SMARTS) is 1. The fourth-order valence-electron chi connectivity index (χ4n) is 1.98. The van der Waals surface area contributed by atoms with Gasteiger partial charge in [0, 0.05) is 6.04 Å². The monoisotopic (exact) mass is 289 g/mol. The number of aliphatic carboxylic acids is 1. The molecule has 0 aliphatic carbocycles. The summed E-state index contributed by atoms with van der Waals surface area (Å²) in [5, 5.41) is 18.5. The molecule has 0 spiro atoms. The molecule has 104 valence electrons. The van der Waals surface area contributed by atoms with Crippen LogP contribution >= 0.6 is 11.8 Å². The molecule has 5 nitrogen and oxygen atoms in total. The van der Waals surface area contributed by atoms with E-state index in [1.165, 1.54) is 11.8 Å². The van der Waals surface area contributed by atoms with Gasteiger partial charge < -0.3 is 9.67 Å². The number of carboxylic acids is 1. The lowest BCUT2D eigenvalue weighted by atomic mass is 10.2. The number of thioether (sulfide) groups is 1. The minimum Gasteiger partial charge on any atom is -0.481 e. The van der Waals surface area contributed by atoms with Gasteiger partial charge >= 0.3 is 5.97 Å². The van der Waals surface area contributed by atoms with Gasteiger partial charge in [-0.05, 0) is 31.5 Å². The maximum atomic E-state index is 10.7. The largest absolute Gasteiger partial charge is 0.481 e. The Bertz CT molecular complexity index is 688. The van der Waals surface area contributed by atoms with Gasteiger partial charge in [-0.2, -0.15) is 5.26 Å². The van der Waals surface area contributed by atoms with E-state index in [0.717, 1.165) is 17.5 Å². The number of hydrogen-bond donors (Lipinski definition) is 1. The van der Waals surface area contributed by atoms with Gasteiger partial charge in [0.2, 0.25) is 0 Å². The third kappa shape index (κ3) is 2.78. The molecule has 2 rings (SSSR count). The van der Waals surface area contributed by atoms with Crippen molar-refractivity contribution >= 4 is 28.8 Å². The summed E-state index contributed by atoms with van der Waals surface area (Å²) in [7, 11) is 0. The summed E-state index contributed by atoms with van der Waals surface area (Å²) in [6, 6.07) is 7.65. The smallest absolute Gasteiger partial charge is 0.313 e. The minimum absolute atomic E-state index is 0.0230. The molecule has 1 aromatic carbocycles. The Labute approximate surface area is 121 Å². The summed E-state index contributed by atoms with van der Waals surface area (Å²) >= 11 is 1.21. The molecule has 0 amide bonds. The number of hydrogen-bond acceptors (Lipinski definition) is 4.